The van der Waals surface area contributed by atoms with Gasteiger partial charge in [0.15, 0.2) is 0 Å². The van der Waals surface area contributed by atoms with Crippen LogP contribution < -0.4 is 5.32 Å². The van der Waals surface area contributed by atoms with Gasteiger partial charge >= 0.3 is 0 Å². The highest BCUT2D eigenvalue weighted by molar-refractivity contribution is 6.29. The van der Waals surface area contributed by atoms with E-state index in [1.807, 2.05) is 18.2 Å². The van der Waals surface area contributed by atoms with Gasteiger partial charge in [-0.15, -0.1) is 0 Å². The van der Waals surface area contributed by atoms with Crippen LogP contribution in [-0.2, 0) is 0 Å². The summed E-state index contributed by atoms with van der Waals surface area (Å²) in [6.45, 7) is 6.76. The number of aromatic nitrogens is 1. The van der Waals surface area contributed by atoms with E-state index >= 15 is 0 Å². The van der Waals surface area contributed by atoms with Crippen molar-refractivity contribution in [1.82, 2.24) is 4.98 Å². The average Bonchev–Trinajstić information content (AvgIpc) is 2.37. The molecule has 0 aliphatic rings. The minimum Gasteiger partial charge on any atom is -0.378 e. The first-order chi connectivity index (χ1) is 9.44. The molecule has 0 aliphatic carbocycles. The van der Waals surface area contributed by atoms with Crippen LogP contribution in [0.4, 0.5) is 5.69 Å². The normalized spacial score (nSPS) is 13.0. The van der Waals surface area contributed by atoms with E-state index in [9.17, 15) is 0 Å². The zero-order chi connectivity index (χ0) is 14.6. The predicted molar refractivity (Wildman–Crippen MR) is 86.1 cm³/mol. The quantitative estimate of drug-likeness (QED) is 0.770. The third-order valence-corrected chi connectivity index (χ3v) is 3.29. The Bertz CT molecular complexity index is 546. The van der Waals surface area contributed by atoms with Gasteiger partial charge in [-0.25, -0.2) is 4.98 Å². The zero-order valence-corrected chi connectivity index (χ0v) is 13.0. The largest absolute Gasteiger partial charge is 0.378 e. The molecule has 0 saturated heterocycles. The molecule has 0 saturated carbocycles. The molecule has 0 amide bonds. The monoisotopic (exact) mass is 288 g/mol. The fraction of sp³-hybridized carbons (Fsp3) is 0.353. The molecule has 1 unspecified atom stereocenters. The van der Waals surface area contributed by atoms with Crippen LogP contribution in [0.15, 0.2) is 48.7 Å². The van der Waals surface area contributed by atoms with E-state index < -0.39 is 0 Å². The maximum atomic E-state index is 5.96. The Morgan fingerprint density at radius 3 is 2.45 bits per heavy atom. The van der Waals surface area contributed by atoms with Crippen molar-refractivity contribution in [3.8, 4) is 0 Å². The van der Waals surface area contributed by atoms with Crippen LogP contribution in [0.25, 0.3) is 0 Å². The summed E-state index contributed by atoms with van der Waals surface area (Å²) in [6.07, 6.45) is 2.76. The van der Waals surface area contributed by atoms with Crippen molar-refractivity contribution in [3.63, 3.8) is 0 Å². The molecule has 0 spiro atoms. The Labute approximate surface area is 126 Å². The molecule has 1 N–H and O–H groups in total. The van der Waals surface area contributed by atoms with Crippen LogP contribution in [0.2, 0.25) is 5.15 Å². The molecule has 1 atom stereocenters. The third-order valence-electron chi connectivity index (χ3n) is 3.09. The SMILES string of the molecule is CC(C)(C)CC(Nc1ccnc(Cl)c1)c1ccccc1. The minimum atomic E-state index is 0.240. The van der Waals surface area contributed by atoms with Gasteiger partial charge in [-0.1, -0.05) is 62.7 Å². The lowest BCUT2D eigenvalue weighted by atomic mass is 9.85. The van der Waals surface area contributed by atoms with E-state index in [1.54, 1.807) is 6.20 Å². The molecular weight excluding hydrogens is 268 g/mol. The van der Waals surface area contributed by atoms with Crippen LogP contribution in [0, 0.1) is 5.41 Å². The van der Waals surface area contributed by atoms with Gasteiger partial charge in [0.1, 0.15) is 5.15 Å². The van der Waals surface area contributed by atoms with E-state index in [-0.39, 0.29) is 11.5 Å². The molecule has 106 valence electrons. The zero-order valence-electron chi connectivity index (χ0n) is 12.2. The summed E-state index contributed by atoms with van der Waals surface area (Å²) in [7, 11) is 0. The van der Waals surface area contributed by atoms with Crippen molar-refractivity contribution in [3.05, 3.63) is 59.4 Å². The van der Waals surface area contributed by atoms with Gasteiger partial charge in [0, 0.05) is 11.9 Å². The highest BCUT2D eigenvalue weighted by Crippen LogP contribution is 2.32. The Kier molecular flexibility index (Phi) is 4.66. The maximum Gasteiger partial charge on any atom is 0.131 e. The molecule has 1 aromatic carbocycles. The lowest BCUT2D eigenvalue weighted by molar-refractivity contribution is 0.352. The Balaban J connectivity index is 2.23. The fourth-order valence-electron chi connectivity index (χ4n) is 2.24. The molecule has 0 aliphatic heterocycles. The second kappa shape index (κ2) is 6.27. The molecule has 1 heterocycles. The third kappa shape index (κ3) is 4.53. The van der Waals surface area contributed by atoms with Crippen LogP contribution in [0.1, 0.15) is 38.8 Å². The number of nitrogens with one attached hydrogen (secondary N) is 1. The Hall–Kier alpha value is -1.54. The van der Waals surface area contributed by atoms with Gasteiger partial charge in [-0.05, 0) is 29.5 Å². The smallest absolute Gasteiger partial charge is 0.131 e. The lowest BCUT2D eigenvalue weighted by Crippen LogP contribution is -2.18. The summed E-state index contributed by atoms with van der Waals surface area (Å²) in [4.78, 5) is 4.02. The van der Waals surface area contributed by atoms with Gasteiger partial charge in [-0.2, -0.15) is 0 Å². The molecule has 1 aromatic heterocycles. The van der Waals surface area contributed by atoms with Crippen LogP contribution >= 0.6 is 11.6 Å². The summed E-state index contributed by atoms with van der Waals surface area (Å²) < 4.78 is 0. The summed E-state index contributed by atoms with van der Waals surface area (Å²) in [5.41, 5.74) is 2.53. The molecule has 0 radical (unpaired) electrons. The molecule has 3 heteroatoms. The highest BCUT2D eigenvalue weighted by Gasteiger charge is 2.20. The Morgan fingerprint density at radius 2 is 1.85 bits per heavy atom. The van der Waals surface area contributed by atoms with Gasteiger partial charge in [-0.3, -0.25) is 0 Å². The predicted octanol–water partition coefficient (Wildman–Crippen LogP) is 5.32. The van der Waals surface area contributed by atoms with Gasteiger partial charge < -0.3 is 5.32 Å². The number of pyridine rings is 1. The van der Waals surface area contributed by atoms with E-state index in [1.165, 1.54) is 5.56 Å². The van der Waals surface area contributed by atoms with Crippen molar-refractivity contribution >= 4 is 17.3 Å². The van der Waals surface area contributed by atoms with Crippen molar-refractivity contribution in [2.45, 2.75) is 33.2 Å². The first-order valence-corrected chi connectivity index (χ1v) is 7.25. The summed E-state index contributed by atoms with van der Waals surface area (Å²) in [6, 6.07) is 14.6. The number of benzene rings is 1. The minimum absolute atomic E-state index is 0.240. The summed E-state index contributed by atoms with van der Waals surface area (Å²) >= 11 is 5.96. The highest BCUT2D eigenvalue weighted by atomic mass is 35.5. The van der Waals surface area contributed by atoms with Crippen molar-refractivity contribution in [2.75, 3.05) is 5.32 Å². The first-order valence-electron chi connectivity index (χ1n) is 6.87. The molecular formula is C17H21ClN2. The Morgan fingerprint density at radius 1 is 1.15 bits per heavy atom. The first kappa shape index (κ1) is 14.9. The number of hydrogen-bond donors (Lipinski definition) is 1. The van der Waals surface area contributed by atoms with Gasteiger partial charge in [0.25, 0.3) is 0 Å². The summed E-state index contributed by atoms with van der Waals surface area (Å²) in [5.74, 6) is 0. The van der Waals surface area contributed by atoms with E-state index in [0.29, 0.717) is 5.15 Å². The molecule has 2 aromatic rings. The van der Waals surface area contributed by atoms with Crippen molar-refractivity contribution in [2.24, 2.45) is 5.41 Å². The topological polar surface area (TPSA) is 24.9 Å². The number of anilines is 1. The molecule has 20 heavy (non-hydrogen) atoms. The molecule has 2 rings (SSSR count). The van der Waals surface area contributed by atoms with E-state index in [2.05, 4.69) is 55.3 Å². The molecule has 0 fully saturated rings. The van der Waals surface area contributed by atoms with Crippen LogP contribution in [0.3, 0.4) is 0 Å². The van der Waals surface area contributed by atoms with E-state index in [0.717, 1.165) is 12.1 Å². The fourth-order valence-corrected chi connectivity index (χ4v) is 2.42. The van der Waals surface area contributed by atoms with Crippen LogP contribution in [-0.4, -0.2) is 4.98 Å². The van der Waals surface area contributed by atoms with Gasteiger partial charge in [0.05, 0.1) is 6.04 Å². The van der Waals surface area contributed by atoms with Crippen LogP contribution in [0.5, 0.6) is 0 Å². The maximum absolute atomic E-state index is 5.96. The number of rotatable bonds is 4. The van der Waals surface area contributed by atoms with E-state index in [4.69, 9.17) is 11.6 Å². The standard InChI is InChI=1S/C17H21ClN2/c1-17(2,3)12-15(13-7-5-4-6-8-13)20-14-9-10-19-16(18)11-14/h4-11,15H,12H2,1-3H3,(H,19,20). The van der Waals surface area contributed by atoms with Crippen molar-refractivity contribution < 1.29 is 0 Å². The number of halogens is 1. The van der Waals surface area contributed by atoms with Gasteiger partial charge in [0.2, 0.25) is 0 Å². The number of hydrogen-bond acceptors (Lipinski definition) is 2. The molecule has 0 bridgehead atoms. The molecule has 2 nitrogen and oxygen atoms in total. The average molecular weight is 289 g/mol. The summed E-state index contributed by atoms with van der Waals surface area (Å²) in [5, 5.41) is 4.08. The second-order valence-corrected chi connectivity index (χ2v) is 6.63. The lowest BCUT2D eigenvalue weighted by Gasteiger charge is -2.28. The second-order valence-electron chi connectivity index (χ2n) is 6.24. The van der Waals surface area contributed by atoms with Crippen molar-refractivity contribution in [1.29, 1.82) is 0 Å². The number of nitrogens with zero attached hydrogens (tertiary/aromatic N) is 1.